The van der Waals surface area contributed by atoms with Gasteiger partial charge in [0.15, 0.2) is 0 Å². The third kappa shape index (κ3) is 4.68. The first-order chi connectivity index (χ1) is 14.1. The van der Waals surface area contributed by atoms with E-state index in [1.807, 2.05) is 25.1 Å². The Labute approximate surface area is 168 Å². The summed E-state index contributed by atoms with van der Waals surface area (Å²) in [5.74, 6) is 1.60. The number of carbonyl (C=O) groups excluding carboxylic acids is 1. The van der Waals surface area contributed by atoms with E-state index in [-0.39, 0.29) is 11.5 Å². The Balaban J connectivity index is 1.44. The van der Waals surface area contributed by atoms with Crippen LogP contribution in [0.25, 0.3) is 0 Å². The molecule has 1 saturated heterocycles. The summed E-state index contributed by atoms with van der Waals surface area (Å²) < 4.78 is 13.3. The smallest absolute Gasteiger partial charge is 0.255 e. The fraction of sp³-hybridized carbons (Fsp3) is 0.227. The number of rotatable bonds is 5. The van der Waals surface area contributed by atoms with Crippen molar-refractivity contribution in [3.8, 4) is 0 Å². The molecule has 4 rings (SSSR count). The number of aryl methyl sites for hydroxylation is 1. The van der Waals surface area contributed by atoms with Crippen molar-refractivity contribution < 1.29 is 9.18 Å². The number of carbonyl (C=O) groups is 1. The lowest BCUT2D eigenvalue weighted by atomic mass is 10.2. The highest BCUT2D eigenvalue weighted by Gasteiger charge is 2.15. The number of nitrogens with one attached hydrogen (secondary N) is 2. The maximum atomic E-state index is 13.3. The van der Waals surface area contributed by atoms with Crippen molar-refractivity contribution in [3.63, 3.8) is 0 Å². The van der Waals surface area contributed by atoms with Crippen LogP contribution in [0, 0.1) is 12.7 Å². The van der Waals surface area contributed by atoms with Gasteiger partial charge in [-0.3, -0.25) is 4.79 Å². The normalized spacial score (nSPS) is 13.4. The third-order valence-corrected chi connectivity index (χ3v) is 4.76. The fourth-order valence-electron chi connectivity index (χ4n) is 3.34. The van der Waals surface area contributed by atoms with Crippen LogP contribution >= 0.6 is 0 Å². The van der Waals surface area contributed by atoms with Gasteiger partial charge in [0.2, 0.25) is 0 Å². The average Bonchev–Trinajstić information content (AvgIpc) is 3.24. The van der Waals surface area contributed by atoms with E-state index >= 15 is 0 Å². The summed E-state index contributed by atoms with van der Waals surface area (Å²) in [6.45, 7) is 3.93. The maximum Gasteiger partial charge on any atom is 0.255 e. The van der Waals surface area contributed by atoms with E-state index in [1.54, 1.807) is 18.2 Å². The molecule has 1 aliphatic rings. The zero-order valence-electron chi connectivity index (χ0n) is 16.2. The molecule has 29 heavy (non-hydrogen) atoms. The van der Waals surface area contributed by atoms with Crippen molar-refractivity contribution in [2.45, 2.75) is 19.8 Å². The van der Waals surface area contributed by atoms with Crippen molar-refractivity contribution in [2.24, 2.45) is 0 Å². The second-order valence-corrected chi connectivity index (χ2v) is 7.02. The summed E-state index contributed by atoms with van der Waals surface area (Å²) in [7, 11) is 0. The highest BCUT2D eigenvalue weighted by Crippen LogP contribution is 2.23. The number of amides is 1. The highest BCUT2D eigenvalue weighted by molar-refractivity contribution is 6.04. The number of anilines is 4. The van der Waals surface area contributed by atoms with Gasteiger partial charge >= 0.3 is 0 Å². The van der Waals surface area contributed by atoms with Crippen LogP contribution in [0.3, 0.4) is 0 Å². The van der Waals surface area contributed by atoms with Crippen molar-refractivity contribution in [1.82, 2.24) is 9.97 Å². The van der Waals surface area contributed by atoms with Gasteiger partial charge in [0, 0.05) is 36.1 Å². The van der Waals surface area contributed by atoms with Crippen LogP contribution < -0.4 is 15.5 Å². The molecule has 0 unspecified atom stereocenters. The van der Waals surface area contributed by atoms with Gasteiger partial charge in [-0.25, -0.2) is 14.4 Å². The van der Waals surface area contributed by atoms with Crippen LogP contribution in [0.15, 0.2) is 54.6 Å². The molecule has 7 heteroatoms. The van der Waals surface area contributed by atoms with E-state index in [2.05, 4.69) is 25.5 Å². The minimum Gasteiger partial charge on any atom is -0.356 e. The van der Waals surface area contributed by atoms with Gasteiger partial charge in [0.1, 0.15) is 23.3 Å². The van der Waals surface area contributed by atoms with Gasteiger partial charge in [0.05, 0.1) is 0 Å². The number of hydrogen-bond donors (Lipinski definition) is 2. The van der Waals surface area contributed by atoms with E-state index in [1.165, 1.54) is 31.0 Å². The SMILES string of the molecule is Cc1nc(Nc2ccc(NC(=O)c3cccc(F)c3)cc2)cc(N2CCCC2)n1. The lowest BCUT2D eigenvalue weighted by Crippen LogP contribution is -2.19. The predicted octanol–water partition coefficient (Wildman–Crippen LogP) is 4.52. The van der Waals surface area contributed by atoms with Crippen LogP contribution in [0.5, 0.6) is 0 Å². The molecule has 0 bridgehead atoms. The molecule has 1 aromatic heterocycles. The lowest BCUT2D eigenvalue weighted by molar-refractivity contribution is 0.102. The summed E-state index contributed by atoms with van der Waals surface area (Å²) >= 11 is 0. The van der Waals surface area contributed by atoms with Gasteiger partial charge in [-0.1, -0.05) is 6.07 Å². The first-order valence-corrected chi connectivity index (χ1v) is 9.61. The van der Waals surface area contributed by atoms with Crippen molar-refractivity contribution in [2.75, 3.05) is 28.6 Å². The van der Waals surface area contributed by atoms with Crippen LogP contribution in [-0.4, -0.2) is 29.0 Å². The van der Waals surface area contributed by atoms with Crippen molar-refractivity contribution in [1.29, 1.82) is 0 Å². The Hall–Kier alpha value is -3.48. The number of benzene rings is 2. The molecule has 0 atom stereocenters. The molecule has 2 aromatic carbocycles. The van der Waals surface area contributed by atoms with Crippen molar-refractivity contribution >= 4 is 28.9 Å². The first-order valence-electron chi connectivity index (χ1n) is 9.61. The molecule has 2 heterocycles. The molecule has 0 saturated carbocycles. The Morgan fingerprint density at radius 1 is 1.00 bits per heavy atom. The standard InChI is InChI=1S/C22H22FN5O/c1-15-24-20(14-21(25-15)28-11-2-3-12-28)26-18-7-9-19(10-8-18)27-22(29)16-5-4-6-17(23)13-16/h4-10,13-14H,2-3,11-12H2,1H3,(H,27,29)(H,24,25,26). The lowest BCUT2D eigenvalue weighted by Gasteiger charge is -2.18. The van der Waals surface area contributed by atoms with Crippen LogP contribution in [-0.2, 0) is 0 Å². The number of aromatic nitrogens is 2. The van der Waals surface area contributed by atoms with Crippen LogP contribution in [0.4, 0.5) is 27.4 Å². The molecular weight excluding hydrogens is 369 g/mol. The molecular formula is C22H22FN5O. The first kappa shape index (κ1) is 18.9. The summed E-state index contributed by atoms with van der Waals surface area (Å²) in [6.07, 6.45) is 2.38. The number of nitrogens with zero attached hydrogens (tertiary/aromatic N) is 3. The molecule has 0 aliphatic carbocycles. The van der Waals surface area contributed by atoms with Gasteiger partial charge in [-0.05, 0) is 62.2 Å². The minimum atomic E-state index is -0.439. The Kier molecular flexibility index (Phi) is 5.37. The Morgan fingerprint density at radius 3 is 2.45 bits per heavy atom. The van der Waals surface area contributed by atoms with Gasteiger partial charge in [-0.2, -0.15) is 0 Å². The highest BCUT2D eigenvalue weighted by atomic mass is 19.1. The Bertz CT molecular complexity index is 1020. The third-order valence-electron chi connectivity index (χ3n) is 4.76. The molecule has 148 valence electrons. The average molecular weight is 391 g/mol. The molecule has 2 N–H and O–H groups in total. The molecule has 6 nitrogen and oxygen atoms in total. The van der Waals surface area contributed by atoms with Crippen LogP contribution in [0.1, 0.15) is 29.0 Å². The monoisotopic (exact) mass is 391 g/mol. The molecule has 1 amide bonds. The predicted molar refractivity (Wildman–Crippen MR) is 112 cm³/mol. The number of halogens is 1. The van der Waals surface area contributed by atoms with E-state index in [9.17, 15) is 9.18 Å². The Morgan fingerprint density at radius 2 is 1.72 bits per heavy atom. The molecule has 1 fully saturated rings. The second kappa shape index (κ2) is 8.26. The maximum absolute atomic E-state index is 13.3. The molecule has 1 aliphatic heterocycles. The quantitative estimate of drug-likeness (QED) is 0.669. The largest absolute Gasteiger partial charge is 0.356 e. The second-order valence-electron chi connectivity index (χ2n) is 7.02. The van der Waals surface area contributed by atoms with Gasteiger partial charge in [-0.15, -0.1) is 0 Å². The molecule has 0 radical (unpaired) electrons. The summed E-state index contributed by atoms with van der Waals surface area (Å²) in [6, 6.07) is 14.8. The van der Waals surface area contributed by atoms with Gasteiger partial charge in [0.25, 0.3) is 5.91 Å². The number of hydrogen-bond acceptors (Lipinski definition) is 5. The zero-order valence-corrected chi connectivity index (χ0v) is 16.2. The molecule has 3 aromatic rings. The molecule has 0 spiro atoms. The minimum absolute atomic E-state index is 0.276. The summed E-state index contributed by atoms with van der Waals surface area (Å²) in [5.41, 5.74) is 1.75. The topological polar surface area (TPSA) is 70.2 Å². The van der Waals surface area contributed by atoms with E-state index in [4.69, 9.17) is 0 Å². The fourth-order valence-corrected chi connectivity index (χ4v) is 3.34. The van der Waals surface area contributed by atoms with Crippen molar-refractivity contribution in [3.05, 3.63) is 71.8 Å². The van der Waals surface area contributed by atoms with E-state index in [0.717, 1.165) is 36.2 Å². The summed E-state index contributed by atoms with van der Waals surface area (Å²) in [4.78, 5) is 23.5. The van der Waals surface area contributed by atoms with Gasteiger partial charge < -0.3 is 15.5 Å². The van der Waals surface area contributed by atoms with E-state index in [0.29, 0.717) is 5.69 Å². The zero-order chi connectivity index (χ0) is 20.2. The van der Waals surface area contributed by atoms with Crippen LogP contribution in [0.2, 0.25) is 0 Å². The van der Waals surface area contributed by atoms with E-state index < -0.39 is 5.82 Å². The summed E-state index contributed by atoms with van der Waals surface area (Å²) in [5, 5.41) is 6.05.